The number of aryl methyl sites for hydroxylation is 1. The van der Waals surface area contributed by atoms with Gasteiger partial charge in [-0.15, -0.1) is 0 Å². The monoisotopic (exact) mass is 283 g/mol. The Morgan fingerprint density at radius 1 is 1.39 bits per heavy atom. The van der Waals surface area contributed by atoms with Crippen LogP contribution < -0.4 is 5.43 Å². The quantitative estimate of drug-likeness (QED) is 0.389. The van der Waals surface area contributed by atoms with Crippen molar-refractivity contribution in [3.8, 4) is 0 Å². The molecule has 0 radical (unpaired) electrons. The minimum Gasteiger partial charge on any atom is -0.354 e. The molecule has 0 atom stereocenters. The maximum atomic E-state index is 5.82. The second-order valence-corrected chi connectivity index (χ2v) is 4.96. The van der Waals surface area contributed by atoms with Crippen LogP contribution in [0.15, 0.2) is 29.4 Å². The van der Waals surface area contributed by atoms with Gasteiger partial charge < -0.3 is 4.90 Å². The van der Waals surface area contributed by atoms with Gasteiger partial charge in [-0.25, -0.2) is 0 Å². The zero-order valence-corrected chi connectivity index (χ0v) is 12.3. The Morgan fingerprint density at radius 3 is 2.67 bits per heavy atom. The lowest BCUT2D eigenvalue weighted by Crippen LogP contribution is -2.30. The first-order chi connectivity index (χ1) is 8.59. The fourth-order valence-electron chi connectivity index (χ4n) is 1.31. The second-order valence-electron chi connectivity index (χ2n) is 4.14. The summed E-state index contributed by atoms with van der Waals surface area (Å²) in [4.78, 5) is 1.81. The summed E-state index contributed by atoms with van der Waals surface area (Å²) in [6.07, 6.45) is 4.86. The fourth-order valence-corrected chi connectivity index (χ4v) is 1.49. The predicted octanol–water partition coefficient (Wildman–Crippen LogP) is 3.08. The molecule has 0 aliphatic heterocycles. The molecule has 0 aliphatic rings. The van der Waals surface area contributed by atoms with Crippen LogP contribution in [0, 0.1) is 0 Å². The van der Waals surface area contributed by atoms with Crippen molar-refractivity contribution in [2.75, 3.05) is 14.1 Å². The third-order valence-corrected chi connectivity index (χ3v) is 3.08. The number of nitrogens with one attached hydrogen (secondary N) is 1. The van der Waals surface area contributed by atoms with Crippen LogP contribution in [0.4, 0.5) is 0 Å². The topological polar surface area (TPSA) is 27.6 Å². The summed E-state index contributed by atoms with van der Waals surface area (Å²) in [5.41, 5.74) is 4.09. The summed E-state index contributed by atoms with van der Waals surface area (Å²) in [6.45, 7) is 0. The Hall–Kier alpha value is -1.13. The third kappa shape index (κ3) is 5.98. The average Bonchev–Trinajstić information content (AvgIpc) is 2.35. The van der Waals surface area contributed by atoms with Crippen molar-refractivity contribution in [1.29, 1.82) is 0 Å². The Kier molecular flexibility index (Phi) is 6.68. The van der Waals surface area contributed by atoms with E-state index in [-0.39, 0.29) is 0 Å². The summed E-state index contributed by atoms with van der Waals surface area (Å²) in [5, 5.41) is 5.45. The number of benzene rings is 1. The van der Waals surface area contributed by atoms with Crippen LogP contribution >= 0.6 is 23.8 Å². The summed E-state index contributed by atoms with van der Waals surface area (Å²) in [7, 11) is 3.76. The summed E-state index contributed by atoms with van der Waals surface area (Å²) in [6, 6.07) is 7.95. The van der Waals surface area contributed by atoms with Gasteiger partial charge in [0.1, 0.15) is 0 Å². The molecule has 1 rings (SSSR count). The molecule has 0 unspecified atom stereocenters. The van der Waals surface area contributed by atoms with E-state index in [2.05, 4.69) is 22.7 Å². The third-order valence-electron chi connectivity index (χ3n) is 2.37. The molecule has 3 nitrogen and oxygen atoms in total. The van der Waals surface area contributed by atoms with Crippen molar-refractivity contribution >= 4 is 35.1 Å². The van der Waals surface area contributed by atoms with E-state index in [1.165, 1.54) is 5.56 Å². The molecule has 1 aromatic carbocycles. The molecule has 5 heteroatoms. The molecule has 0 aliphatic carbocycles. The summed E-state index contributed by atoms with van der Waals surface area (Å²) >= 11 is 10.9. The van der Waals surface area contributed by atoms with Crippen LogP contribution in [0.5, 0.6) is 0 Å². The van der Waals surface area contributed by atoms with Crippen molar-refractivity contribution in [2.24, 2.45) is 5.10 Å². The first-order valence-corrected chi connectivity index (χ1v) is 6.61. The van der Waals surface area contributed by atoms with Crippen LogP contribution in [0.3, 0.4) is 0 Å². The van der Waals surface area contributed by atoms with Crippen molar-refractivity contribution in [3.63, 3.8) is 0 Å². The van der Waals surface area contributed by atoms with Gasteiger partial charge in [0.15, 0.2) is 5.11 Å². The number of hydrazone groups is 1. The molecule has 1 aromatic rings. The molecule has 0 aromatic heterocycles. The molecule has 0 heterocycles. The van der Waals surface area contributed by atoms with E-state index < -0.39 is 0 Å². The van der Waals surface area contributed by atoms with Crippen molar-refractivity contribution in [1.82, 2.24) is 10.3 Å². The van der Waals surface area contributed by atoms with Crippen molar-refractivity contribution < 1.29 is 0 Å². The Balaban J connectivity index is 2.17. The number of thiocarbonyl (C=S) groups is 1. The highest BCUT2D eigenvalue weighted by Crippen LogP contribution is 2.11. The van der Waals surface area contributed by atoms with Gasteiger partial charge in [-0.2, -0.15) is 5.10 Å². The molecule has 0 fully saturated rings. The maximum Gasteiger partial charge on any atom is 0.189 e. The van der Waals surface area contributed by atoms with Gasteiger partial charge in [-0.05, 0) is 49.2 Å². The van der Waals surface area contributed by atoms with Crippen molar-refractivity contribution in [2.45, 2.75) is 19.3 Å². The molecule has 0 saturated heterocycles. The number of hydrogen-bond acceptors (Lipinski definition) is 2. The molecule has 0 saturated carbocycles. The SMILES string of the molecule is CN(C)C(=S)NN=CCCCc1ccc(Cl)cc1. The van der Waals surface area contributed by atoms with Gasteiger partial charge in [0.25, 0.3) is 0 Å². The number of rotatable bonds is 5. The van der Waals surface area contributed by atoms with E-state index in [0.717, 1.165) is 24.3 Å². The summed E-state index contributed by atoms with van der Waals surface area (Å²) in [5.74, 6) is 0. The smallest absolute Gasteiger partial charge is 0.189 e. The van der Waals surface area contributed by atoms with Crippen LogP contribution in [0.1, 0.15) is 18.4 Å². The van der Waals surface area contributed by atoms with Crippen LogP contribution in [0.25, 0.3) is 0 Å². The van der Waals surface area contributed by atoms with Gasteiger partial charge in [0, 0.05) is 25.3 Å². The minimum atomic E-state index is 0.615. The van der Waals surface area contributed by atoms with Crippen LogP contribution in [-0.2, 0) is 6.42 Å². The number of unbranched alkanes of at least 4 members (excludes halogenated alkanes) is 1. The van der Waals surface area contributed by atoms with Gasteiger partial charge in [-0.1, -0.05) is 23.7 Å². The van der Waals surface area contributed by atoms with Gasteiger partial charge in [-0.3, -0.25) is 5.43 Å². The lowest BCUT2D eigenvalue weighted by atomic mass is 10.1. The highest BCUT2D eigenvalue weighted by Gasteiger charge is 1.94. The van der Waals surface area contributed by atoms with Gasteiger partial charge in [0.05, 0.1) is 0 Å². The lowest BCUT2D eigenvalue weighted by molar-refractivity contribution is 0.606. The number of hydrogen-bond donors (Lipinski definition) is 1. The summed E-state index contributed by atoms with van der Waals surface area (Å²) < 4.78 is 0. The molecule has 18 heavy (non-hydrogen) atoms. The number of halogens is 1. The van der Waals surface area contributed by atoms with Gasteiger partial charge in [0.2, 0.25) is 0 Å². The molecule has 98 valence electrons. The maximum absolute atomic E-state index is 5.82. The first kappa shape index (κ1) is 14.9. The van der Waals surface area contributed by atoms with Gasteiger partial charge >= 0.3 is 0 Å². The van der Waals surface area contributed by atoms with E-state index in [4.69, 9.17) is 23.8 Å². The van der Waals surface area contributed by atoms with Crippen LogP contribution in [0.2, 0.25) is 5.02 Å². The number of nitrogens with zero attached hydrogens (tertiary/aromatic N) is 2. The molecule has 1 N–H and O–H groups in total. The molecule has 0 bridgehead atoms. The van der Waals surface area contributed by atoms with E-state index in [1.54, 1.807) is 4.90 Å². The largest absolute Gasteiger partial charge is 0.354 e. The fraction of sp³-hybridized carbons (Fsp3) is 0.385. The normalized spacial score (nSPS) is 10.6. The minimum absolute atomic E-state index is 0.615. The zero-order chi connectivity index (χ0) is 13.4. The molecular weight excluding hydrogens is 266 g/mol. The van der Waals surface area contributed by atoms with E-state index >= 15 is 0 Å². The standard InChI is InChI=1S/C13H18ClN3S/c1-17(2)13(18)16-15-10-4-3-5-11-6-8-12(14)9-7-11/h6-10H,3-5H2,1-2H3,(H,16,18). The highest BCUT2D eigenvalue weighted by molar-refractivity contribution is 7.80. The predicted molar refractivity (Wildman–Crippen MR) is 82.3 cm³/mol. The molecular formula is C13H18ClN3S. The lowest BCUT2D eigenvalue weighted by Gasteiger charge is -2.11. The van der Waals surface area contributed by atoms with Crippen molar-refractivity contribution in [3.05, 3.63) is 34.9 Å². The second kappa shape index (κ2) is 8.06. The first-order valence-electron chi connectivity index (χ1n) is 5.83. The Morgan fingerprint density at radius 2 is 2.06 bits per heavy atom. The van der Waals surface area contributed by atoms with Crippen LogP contribution in [-0.4, -0.2) is 30.3 Å². The Bertz CT molecular complexity index is 401. The molecule has 0 spiro atoms. The van der Waals surface area contributed by atoms with E-state index in [1.807, 2.05) is 32.4 Å². The molecule has 0 amide bonds. The highest BCUT2D eigenvalue weighted by atomic mass is 35.5. The van der Waals surface area contributed by atoms with E-state index in [9.17, 15) is 0 Å². The van der Waals surface area contributed by atoms with E-state index in [0.29, 0.717) is 5.11 Å². The Labute approximate surface area is 119 Å². The average molecular weight is 284 g/mol. The zero-order valence-electron chi connectivity index (χ0n) is 10.7.